The molecule has 3 heteroatoms. The minimum Gasteiger partial charge on any atom is -0.330 e. The van der Waals surface area contributed by atoms with E-state index in [2.05, 4.69) is 32.8 Å². The van der Waals surface area contributed by atoms with Crippen molar-refractivity contribution in [1.29, 1.82) is 0 Å². The molecule has 0 radical (unpaired) electrons. The highest BCUT2D eigenvalue weighted by Crippen LogP contribution is 2.24. The van der Waals surface area contributed by atoms with Gasteiger partial charge in [-0.15, -0.1) is 0 Å². The van der Waals surface area contributed by atoms with Crippen molar-refractivity contribution in [2.75, 3.05) is 6.54 Å². The number of aryl methyl sites for hydroxylation is 2. The van der Waals surface area contributed by atoms with Gasteiger partial charge in [-0.25, -0.2) is 0 Å². The second kappa shape index (κ2) is 3.73. The molecule has 0 unspecified atom stereocenters. The highest BCUT2D eigenvalue weighted by Gasteiger charge is 2.20. The lowest BCUT2D eigenvalue weighted by Crippen LogP contribution is -2.26. The van der Waals surface area contributed by atoms with Gasteiger partial charge in [0.2, 0.25) is 0 Å². The second-order valence-electron chi connectivity index (χ2n) is 4.82. The molecule has 1 aromatic rings. The van der Waals surface area contributed by atoms with Crippen LogP contribution in [0.1, 0.15) is 30.8 Å². The normalized spacial score (nSPS) is 12.1. The van der Waals surface area contributed by atoms with E-state index in [4.69, 9.17) is 5.73 Å². The van der Waals surface area contributed by atoms with E-state index in [0.717, 1.165) is 12.1 Å². The molecule has 80 valence electrons. The van der Waals surface area contributed by atoms with Crippen LogP contribution in [-0.4, -0.2) is 16.3 Å². The van der Waals surface area contributed by atoms with Crippen LogP contribution in [0.3, 0.4) is 0 Å². The summed E-state index contributed by atoms with van der Waals surface area (Å²) in [5.74, 6) is 0. The van der Waals surface area contributed by atoms with E-state index in [1.54, 1.807) is 0 Å². The average Bonchev–Trinajstić information content (AvgIpc) is 2.32. The number of nitrogens with two attached hydrogens (primary N) is 1. The van der Waals surface area contributed by atoms with E-state index in [1.807, 2.05) is 11.7 Å². The Balaban J connectivity index is 2.97. The molecule has 14 heavy (non-hydrogen) atoms. The SMILES string of the molecule is Cc1nn(C)c(C)c1CC(C)(C)CN. The third-order valence-electron chi connectivity index (χ3n) is 2.87. The summed E-state index contributed by atoms with van der Waals surface area (Å²) in [6.07, 6.45) is 1.01. The number of nitrogens with zero attached hydrogens (tertiary/aromatic N) is 2. The molecule has 0 fully saturated rings. The molecule has 0 bridgehead atoms. The third kappa shape index (κ3) is 2.15. The molecule has 0 atom stereocenters. The third-order valence-corrected chi connectivity index (χ3v) is 2.87. The summed E-state index contributed by atoms with van der Waals surface area (Å²) in [6.45, 7) is 9.27. The number of aromatic nitrogens is 2. The molecular formula is C11H21N3. The van der Waals surface area contributed by atoms with Crippen molar-refractivity contribution in [3.8, 4) is 0 Å². The van der Waals surface area contributed by atoms with Crippen molar-refractivity contribution in [1.82, 2.24) is 9.78 Å². The summed E-state index contributed by atoms with van der Waals surface area (Å²) in [5.41, 5.74) is 9.63. The van der Waals surface area contributed by atoms with Gasteiger partial charge in [0.05, 0.1) is 5.69 Å². The predicted octanol–water partition coefficient (Wildman–Crippen LogP) is 1.56. The van der Waals surface area contributed by atoms with Crippen LogP contribution in [0.25, 0.3) is 0 Å². The highest BCUT2D eigenvalue weighted by atomic mass is 15.3. The van der Waals surface area contributed by atoms with Crippen LogP contribution in [0.5, 0.6) is 0 Å². The molecule has 2 N–H and O–H groups in total. The summed E-state index contributed by atoms with van der Waals surface area (Å²) in [7, 11) is 1.99. The van der Waals surface area contributed by atoms with E-state index in [-0.39, 0.29) is 5.41 Å². The van der Waals surface area contributed by atoms with Gasteiger partial charge in [-0.3, -0.25) is 4.68 Å². The maximum absolute atomic E-state index is 5.73. The number of rotatable bonds is 3. The lowest BCUT2D eigenvalue weighted by atomic mass is 9.85. The van der Waals surface area contributed by atoms with Gasteiger partial charge >= 0.3 is 0 Å². The quantitative estimate of drug-likeness (QED) is 0.795. The first-order valence-electron chi connectivity index (χ1n) is 5.06. The molecule has 0 aliphatic carbocycles. The molecule has 0 aliphatic heterocycles. The van der Waals surface area contributed by atoms with Gasteiger partial charge in [0.15, 0.2) is 0 Å². The first-order valence-corrected chi connectivity index (χ1v) is 5.06. The van der Waals surface area contributed by atoms with Gasteiger partial charge in [0.25, 0.3) is 0 Å². The highest BCUT2D eigenvalue weighted by molar-refractivity contribution is 5.25. The fraction of sp³-hybridized carbons (Fsp3) is 0.727. The van der Waals surface area contributed by atoms with Gasteiger partial charge in [-0.05, 0) is 37.8 Å². The van der Waals surface area contributed by atoms with Gasteiger partial charge in [-0.1, -0.05) is 13.8 Å². The molecule has 0 saturated carbocycles. The zero-order chi connectivity index (χ0) is 10.9. The van der Waals surface area contributed by atoms with Crippen LogP contribution in [0, 0.1) is 19.3 Å². The smallest absolute Gasteiger partial charge is 0.0628 e. The topological polar surface area (TPSA) is 43.8 Å². The summed E-state index contributed by atoms with van der Waals surface area (Å²) >= 11 is 0. The zero-order valence-electron chi connectivity index (χ0n) is 9.89. The largest absolute Gasteiger partial charge is 0.330 e. The van der Waals surface area contributed by atoms with E-state index >= 15 is 0 Å². The Kier molecular flexibility index (Phi) is 3.00. The molecule has 3 nitrogen and oxygen atoms in total. The summed E-state index contributed by atoms with van der Waals surface area (Å²) in [5, 5.41) is 4.40. The molecule has 1 rings (SSSR count). The molecule has 0 amide bonds. The number of hydrogen-bond acceptors (Lipinski definition) is 2. The van der Waals surface area contributed by atoms with Crippen LogP contribution in [0.2, 0.25) is 0 Å². The van der Waals surface area contributed by atoms with Crippen molar-refractivity contribution in [3.05, 3.63) is 17.0 Å². The van der Waals surface area contributed by atoms with Crippen LogP contribution in [-0.2, 0) is 13.5 Å². The van der Waals surface area contributed by atoms with Gasteiger partial charge in [0, 0.05) is 12.7 Å². The predicted molar refractivity (Wildman–Crippen MR) is 59.2 cm³/mol. The van der Waals surface area contributed by atoms with Crippen LogP contribution < -0.4 is 5.73 Å². The van der Waals surface area contributed by atoms with Gasteiger partial charge in [-0.2, -0.15) is 5.10 Å². The fourth-order valence-corrected chi connectivity index (χ4v) is 1.62. The Bertz CT molecular complexity index is 324. The average molecular weight is 195 g/mol. The van der Waals surface area contributed by atoms with Crippen molar-refractivity contribution in [3.63, 3.8) is 0 Å². The lowest BCUT2D eigenvalue weighted by molar-refractivity contribution is 0.375. The molecule has 1 aromatic heterocycles. The van der Waals surface area contributed by atoms with Gasteiger partial charge in [0.1, 0.15) is 0 Å². The first kappa shape index (κ1) is 11.2. The van der Waals surface area contributed by atoms with Crippen molar-refractivity contribution in [2.45, 2.75) is 34.1 Å². The van der Waals surface area contributed by atoms with Crippen LogP contribution in [0.4, 0.5) is 0 Å². The van der Waals surface area contributed by atoms with Crippen molar-refractivity contribution < 1.29 is 0 Å². The number of hydrogen-bond donors (Lipinski definition) is 1. The van der Waals surface area contributed by atoms with Crippen LogP contribution in [0.15, 0.2) is 0 Å². The molecule has 1 heterocycles. The Labute approximate surface area is 86.3 Å². The zero-order valence-corrected chi connectivity index (χ0v) is 9.89. The second-order valence-corrected chi connectivity index (χ2v) is 4.82. The van der Waals surface area contributed by atoms with Crippen LogP contribution >= 0.6 is 0 Å². The molecule has 0 aromatic carbocycles. The molecule has 0 saturated heterocycles. The van der Waals surface area contributed by atoms with E-state index < -0.39 is 0 Å². The minimum absolute atomic E-state index is 0.165. The summed E-state index contributed by atoms with van der Waals surface area (Å²) in [4.78, 5) is 0. The van der Waals surface area contributed by atoms with E-state index in [1.165, 1.54) is 11.3 Å². The first-order chi connectivity index (χ1) is 6.37. The van der Waals surface area contributed by atoms with E-state index in [9.17, 15) is 0 Å². The Hall–Kier alpha value is -0.830. The van der Waals surface area contributed by atoms with Gasteiger partial charge < -0.3 is 5.73 Å². The Morgan fingerprint density at radius 2 is 1.93 bits per heavy atom. The summed E-state index contributed by atoms with van der Waals surface area (Å²) in [6, 6.07) is 0. The minimum atomic E-state index is 0.165. The van der Waals surface area contributed by atoms with Crippen molar-refractivity contribution in [2.24, 2.45) is 18.2 Å². The maximum atomic E-state index is 5.73. The summed E-state index contributed by atoms with van der Waals surface area (Å²) < 4.78 is 1.94. The standard InChI is InChI=1S/C11H21N3/c1-8-10(6-11(3,4)7-12)9(2)14(5)13-8/h6-7,12H2,1-5H3. The Morgan fingerprint density at radius 1 is 1.36 bits per heavy atom. The molecule has 0 aliphatic rings. The monoisotopic (exact) mass is 195 g/mol. The van der Waals surface area contributed by atoms with Crippen molar-refractivity contribution >= 4 is 0 Å². The fourth-order valence-electron chi connectivity index (χ4n) is 1.62. The van der Waals surface area contributed by atoms with E-state index in [0.29, 0.717) is 6.54 Å². The maximum Gasteiger partial charge on any atom is 0.0628 e. The lowest BCUT2D eigenvalue weighted by Gasteiger charge is -2.22. The molecular weight excluding hydrogens is 174 g/mol. The Morgan fingerprint density at radius 3 is 2.29 bits per heavy atom. The molecule has 0 spiro atoms.